The molecular weight excluding hydrogens is 164 g/mol. The van der Waals surface area contributed by atoms with Crippen LogP contribution in [0.4, 0.5) is 0 Å². The van der Waals surface area contributed by atoms with Gasteiger partial charge in [0.1, 0.15) is 0 Å². The smallest absolute Gasteiger partial charge is 0.0431 e. The molecule has 0 saturated carbocycles. The largest absolute Gasteiger partial charge is 0.303 e. The van der Waals surface area contributed by atoms with E-state index in [4.69, 9.17) is 0 Å². The van der Waals surface area contributed by atoms with Crippen LogP contribution in [-0.2, 0) is 0 Å². The molecule has 1 unspecified atom stereocenters. The molecule has 0 saturated heterocycles. The molecule has 0 heterocycles. The number of nitrogens with zero attached hydrogens (tertiary/aromatic N) is 4. The molecule has 0 N–H and O–H groups in total. The average molecular weight is 184 g/mol. The maximum Gasteiger partial charge on any atom is 0.0431 e. The summed E-state index contributed by atoms with van der Waals surface area (Å²) in [6, 6.07) is 0. The fourth-order valence-corrected chi connectivity index (χ4v) is 0.748. The van der Waals surface area contributed by atoms with Crippen molar-refractivity contribution in [2.75, 3.05) is 28.2 Å². The van der Waals surface area contributed by atoms with Gasteiger partial charge in [0.25, 0.3) is 0 Å². The van der Waals surface area contributed by atoms with Gasteiger partial charge in [-0.15, -0.1) is 0 Å². The van der Waals surface area contributed by atoms with Crippen molar-refractivity contribution in [3.8, 4) is 0 Å². The highest BCUT2D eigenvalue weighted by molar-refractivity contribution is 5.96. The van der Waals surface area contributed by atoms with Gasteiger partial charge >= 0.3 is 0 Å². The minimum Gasteiger partial charge on any atom is -0.303 e. The first kappa shape index (κ1) is 11.9. The zero-order chi connectivity index (χ0) is 10.4. The van der Waals surface area contributed by atoms with Crippen LogP contribution in [0, 0.1) is 5.92 Å². The average Bonchev–Trinajstić information content (AvgIpc) is 1.98. The monoisotopic (exact) mass is 184 g/mol. The molecule has 0 aromatic heterocycles. The standard InChI is InChI=1S/C9H20N4/c1-8(7-10-12(3)4)9(2)11-13(5)6/h7-8H,1-6H3/b10-7+,11-9+. The summed E-state index contributed by atoms with van der Waals surface area (Å²) >= 11 is 0. The Kier molecular flexibility index (Phi) is 5.11. The molecule has 13 heavy (non-hydrogen) atoms. The Hall–Kier alpha value is -1.06. The third kappa shape index (κ3) is 6.13. The van der Waals surface area contributed by atoms with Crippen LogP contribution in [0.2, 0.25) is 0 Å². The topological polar surface area (TPSA) is 31.2 Å². The molecule has 0 bridgehead atoms. The Bertz CT molecular complexity index is 194. The van der Waals surface area contributed by atoms with Gasteiger partial charge in [0.2, 0.25) is 0 Å². The Morgan fingerprint density at radius 2 is 1.69 bits per heavy atom. The van der Waals surface area contributed by atoms with Crippen molar-refractivity contribution in [1.29, 1.82) is 0 Å². The van der Waals surface area contributed by atoms with E-state index in [0.717, 1.165) is 5.71 Å². The summed E-state index contributed by atoms with van der Waals surface area (Å²) in [6.07, 6.45) is 1.89. The summed E-state index contributed by atoms with van der Waals surface area (Å²) in [5.41, 5.74) is 1.07. The van der Waals surface area contributed by atoms with Gasteiger partial charge in [0, 0.05) is 46.0 Å². The minimum atomic E-state index is 0.282. The second-order valence-electron chi connectivity index (χ2n) is 3.49. The summed E-state index contributed by atoms with van der Waals surface area (Å²) in [6.45, 7) is 4.08. The lowest BCUT2D eigenvalue weighted by Crippen LogP contribution is -2.15. The van der Waals surface area contributed by atoms with Crippen LogP contribution in [0.25, 0.3) is 0 Å². The second kappa shape index (κ2) is 5.56. The van der Waals surface area contributed by atoms with Crippen LogP contribution in [0.1, 0.15) is 13.8 Å². The van der Waals surface area contributed by atoms with E-state index in [2.05, 4.69) is 17.1 Å². The summed E-state index contributed by atoms with van der Waals surface area (Å²) in [5.74, 6) is 0.282. The summed E-state index contributed by atoms with van der Waals surface area (Å²) in [5, 5.41) is 12.0. The molecule has 0 aliphatic heterocycles. The molecule has 76 valence electrons. The second-order valence-corrected chi connectivity index (χ2v) is 3.49. The summed E-state index contributed by atoms with van der Waals surface area (Å²) < 4.78 is 0. The molecule has 1 atom stereocenters. The van der Waals surface area contributed by atoms with E-state index in [0.29, 0.717) is 0 Å². The fraction of sp³-hybridized carbons (Fsp3) is 0.778. The van der Waals surface area contributed by atoms with E-state index >= 15 is 0 Å². The zero-order valence-corrected chi connectivity index (χ0v) is 9.44. The summed E-state index contributed by atoms with van der Waals surface area (Å²) in [4.78, 5) is 0. The van der Waals surface area contributed by atoms with E-state index in [1.165, 1.54) is 0 Å². The van der Waals surface area contributed by atoms with Crippen LogP contribution in [0.3, 0.4) is 0 Å². The molecule has 4 nitrogen and oxygen atoms in total. The first-order chi connectivity index (χ1) is 5.93. The molecule has 0 aliphatic rings. The maximum atomic E-state index is 4.30. The number of hydrogen-bond acceptors (Lipinski definition) is 4. The molecule has 0 aliphatic carbocycles. The first-order valence-electron chi connectivity index (χ1n) is 4.37. The van der Waals surface area contributed by atoms with Crippen molar-refractivity contribution < 1.29 is 0 Å². The van der Waals surface area contributed by atoms with Crippen LogP contribution < -0.4 is 0 Å². The lowest BCUT2D eigenvalue weighted by atomic mass is 10.1. The highest BCUT2D eigenvalue weighted by Crippen LogP contribution is 1.96. The van der Waals surface area contributed by atoms with Gasteiger partial charge in [0.15, 0.2) is 0 Å². The zero-order valence-electron chi connectivity index (χ0n) is 9.44. The van der Waals surface area contributed by atoms with Crippen molar-refractivity contribution >= 4 is 11.9 Å². The van der Waals surface area contributed by atoms with E-state index in [1.54, 1.807) is 10.0 Å². The Balaban J connectivity index is 4.18. The van der Waals surface area contributed by atoms with E-state index in [9.17, 15) is 0 Å². The van der Waals surface area contributed by atoms with Gasteiger partial charge in [-0.25, -0.2) is 0 Å². The molecule has 0 amide bonds. The van der Waals surface area contributed by atoms with Crippen molar-refractivity contribution in [2.45, 2.75) is 13.8 Å². The van der Waals surface area contributed by atoms with Crippen molar-refractivity contribution in [3.63, 3.8) is 0 Å². The predicted molar refractivity (Wildman–Crippen MR) is 58.1 cm³/mol. The van der Waals surface area contributed by atoms with E-state index in [-0.39, 0.29) is 5.92 Å². The Labute approximate surface area is 80.9 Å². The van der Waals surface area contributed by atoms with Crippen molar-refractivity contribution in [3.05, 3.63) is 0 Å². The molecule has 4 heteroatoms. The number of rotatable bonds is 4. The van der Waals surface area contributed by atoms with Crippen LogP contribution >= 0.6 is 0 Å². The normalized spacial score (nSPS) is 14.8. The quantitative estimate of drug-likeness (QED) is 0.484. The molecule has 0 rings (SSSR count). The van der Waals surface area contributed by atoms with Gasteiger partial charge in [0.05, 0.1) is 0 Å². The lowest BCUT2D eigenvalue weighted by Gasteiger charge is -2.11. The van der Waals surface area contributed by atoms with Gasteiger partial charge in [-0.2, -0.15) is 10.2 Å². The molecule has 0 aromatic rings. The highest BCUT2D eigenvalue weighted by Gasteiger charge is 2.02. The third-order valence-corrected chi connectivity index (χ3v) is 1.54. The number of hydrogen-bond donors (Lipinski definition) is 0. The fourth-order valence-electron chi connectivity index (χ4n) is 0.748. The molecule has 0 spiro atoms. The van der Waals surface area contributed by atoms with Crippen LogP contribution in [0.5, 0.6) is 0 Å². The van der Waals surface area contributed by atoms with Crippen LogP contribution in [0.15, 0.2) is 10.2 Å². The molecule has 0 fully saturated rings. The minimum absolute atomic E-state index is 0.282. The Morgan fingerprint density at radius 1 is 1.15 bits per heavy atom. The maximum absolute atomic E-state index is 4.30. The summed E-state index contributed by atoms with van der Waals surface area (Å²) in [7, 11) is 7.64. The van der Waals surface area contributed by atoms with Gasteiger partial charge in [-0.3, -0.25) is 0 Å². The van der Waals surface area contributed by atoms with Crippen molar-refractivity contribution in [2.24, 2.45) is 16.1 Å². The molecule has 0 aromatic carbocycles. The van der Waals surface area contributed by atoms with E-state index < -0.39 is 0 Å². The lowest BCUT2D eigenvalue weighted by molar-refractivity contribution is 0.432. The van der Waals surface area contributed by atoms with Crippen LogP contribution in [-0.4, -0.2) is 50.1 Å². The van der Waals surface area contributed by atoms with Gasteiger partial charge < -0.3 is 10.0 Å². The first-order valence-corrected chi connectivity index (χ1v) is 4.37. The molecular formula is C9H20N4. The SMILES string of the molecule is C/C(=N\N(C)C)C(C)/C=N/N(C)C. The third-order valence-electron chi connectivity index (χ3n) is 1.54. The van der Waals surface area contributed by atoms with Gasteiger partial charge in [-0.05, 0) is 6.92 Å². The van der Waals surface area contributed by atoms with Gasteiger partial charge in [-0.1, -0.05) is 6.92 Å². The number of hydrazone groups is 2. The van der Waals surface area contributed by atoms with Crippen molar-refractivity contribution in [1.82, 2.24) is 10.0 Å². The van der Waals surface area contributed by atoms with E-state index in [1.807, 2.05) is 41.3 Å². The Morgan fingerprint density at radius 3 is 2.08 bits per heavy atom. The highest BCUT2D eigenvalue weighted by atomic mass is 15.4. The molecule has 0 radical (unpaired) electrons. The predicted octanol–water partition coefficient (Wildman–Crippen LogP) is 1.11.